The third-order valence-electron chi connectivity index (χ3n) is 4.48. The van der Waals surface area contributed by atoms with Crippen molar-refractivity contribution in [1.82, 2.24) is 4.90 Å². The first-order valence-corrected chi connectivity index (χ1v) is 8.44. The number of primary sulfonamides is 1. The molecule has 17 heavy (non-hydrogen) atoms. The zero-order valence-electron chi connectivity index (χ0n) is 10.5. The van der Waals surface area contributed by atoms with Crippen molar-refractivity contribution in [2.45, 2.75) is 44.9 Å². The minimum Gasteiger partial charge on any atom is -0.303 e. The smallest absolute Gasteiger partial charge is 0.209 e. The molecule has 0 aromatic rings. The summed E-state index contributed by atoms with van der Waals surface area (Å²) in [6.45, 7) is 3.17. The monoisotopic (exact) mass is 260 g/mol. The summed E-state index contributed by atoms with van der Waals surface area (Å²) in [4.78, 5) is 2.40. The summed E-state index contributed by atoms with van der Waals surface area (Å²) in [7, 11) is -3.27. The van der Waals surface area contributed by atoms with Gasteiger partial charge in [0, 0.05) is 0 Å². The van der Waals surface area contributed by atoms with Crippen LogP contribution in [-0.2, 0) is 10.0 Å². The largest absolute Gasteiger partial charge is 0.303 e. The highest BCUT2D eigenvalue weighted by Crippen LogP contribution is 2.45. The first kappa shape index (κ1) is 13.3. The van der Waals surface area contributed by atoms with Gasteiger partial charge in [0.05, 0.1) is 5.75 Å². The normalized spacial score (nSPS) is 25.5. The van der Waals surface area contributed by atoms with Gasteiger partial charge in [-0.15, -0.1) is 0 Å². The van der Waals surface area contributed by atoms with E-state index in [1.807, 2.05) is 0 Å². The molecule has 2 N–H and O–H groups in total. The highest BCUT2D eigenvalue weighted by atomic mass is 32.2. The Morgan fingerprint density at radius 3 is 2.18 bits per heavy atom. The standard InChI is InChI=1S/C12H24N2O2S/c13-17(15,16)11-3-8-14-9-6-12(7-10-14)4-1-2-5-12/h1-11H2,(H2,13,15,16). The fourth-order valence-corrected chi connectivity index (χ4v) is 3.90. The highest BCUT2D eigenvalue weighted by Gasteiger charge is 2.36. The summed E-state index contributed by atoms with van der Waals surface area (Å²) in [5.41, 5.74) is 0.649. The lowest BCUT2D eigenvalue weighted by atomic mass is 9.77. The fraction of sp³-hybridized carbons (Fsp3) is 1.00. The molecule has 0 aromatic carbocycles. The molecule has 0 atom stereocenters. The van der Waals surface area contributed by atoms with Gasteiger partial charge in [-0.1, -0.05) is 12.8 Å². The van der Waals surface area contributed by atoms with Crippen molar-refractivity contribution in [2.75, 3.05) is 25.4 Å². The van der Waals surface area contributed by atoms with Crippen molar-refractivity contribution in [2.24, 2.45) is 10.6 Å². The van der Waals surface area contributed by atoms with Gasteiger partial charge in [0.1, 0.15) is 0 Å². The van der Waals surface area contributed by atoms with Crippen LogP contribution in [0.5, 0.6) is 0 Å². The minimum absolute atomic E-state index is 0.120. The molecule has 0 radical (unpaired) electrons. The molecule has 5 heteroatoms. The van der Waals surface area contributed by atoms with E-state index in [0.29, 0.717) is 11.8 Å². The summed E-state index contributed by atoms with van der Waals surface area (Å²) >= 11 is 0. The first-order valence-electron chi connectivity index (χ1n) is 6.72. The lowest BCUT2D eigenvalue weighted by molar-refractivity contribution is 0.109. The quantitative estimate of drug-likeness (QED) is 0.829. The molecule has 4 nitrogen and oxygen atoms in total. The Balaban J connectivity index is 1.69. The number of likely N-dealkylation sites (tertiary alicyclic amines) is 1. The summed E-state index contributed by atoms with van der Waals surface area (Å²) in [5.74, 6) is 0.120. The highest BCUT2D eigenvalue weighted by molar-refractivity contribution is 7.89. The topological polar surface area (TPSA) is 63.4 Å². The van der Waals surface area contributed by atoms with Gasteiger partial charge in [-0.05, 0) is 57.2 Å². The van der Waals surface area contributed by atoms with Crippen LogP contribution in [0.4, 0.5) is 0 Å². The predicted octanol–water partition coefficient (Wildman–Crippen LogP) is 1.32. The molecule has 1 aliphatic carbocycles. The number of nitrogens with zero attached hydrogens (tertiary/aromatic N) is 1. The Hall–Kier alpha value is -0.130. The van der Waals surface area contributed by atoms with Crippen LogP contribution in [0.2, 0.25) is 0 Å². The van der Waals surface area contributed by atoms with E-state index >= 15 is 0 Å². The molecule has 1 spiro atoms. The van der Waals surface area contributed by atoms with Crippen LogP contribution < -0.4 is 5.14 Å². The van der Waals surface area contributed by atoms with E-state index in [-0.39, 0.29) is 5.75 Å². The van der Waals surface area contributed by atoms with Crippen molar-refractivity contribution < 1.29 is 8.42 Å². The number of piperidine rings is 1. The van der Waals surface area contributed by atoms with E-state index < -0.39 is 10.0 Å². The van der Waals surface area contributed by atoms with Gasteiger partial charge in [-0.25, -0.2) is 13.6 Å². The summed E-state index contributed by atoms with van der Waals surface area (Å²) in [6.07, 6.45) is 8.93. The molecule has 1 saturated heterocycles. The number of hydrogen-bond acceptors (Lipinski definition) is 3. The SMILES string of the molecule is NS(=O)(=O)CCCN1CCC2(CCCC2)CC1. The maximum Gasteiger partial charge on any atom is 0.209 e. The van der Waals surface area contributed by atoms with Crippen LogP contribution in [0.15, 0.2) is 0 Å². The lowest BCUT2D eigenvalue weighted by Crippen LogP contribution is -2.39. The van der Waals surface area contributed by atoms with Gasteiger partial charge in [0.2, 0.25) is 10.0 Å². The Bertz CT molecular complexity index is 338. The molecule has 2 rings (SSSR count). The summed E-state index contributed by atoms with van der Waals surface area (Å²) in [6, 6.07) is 0. The second-order valence-corrected chi connectivity index (χ2v) is 7.50. The zero-order valence-corrected chi connectivity index (χ0v) is 11.3. The van der Waals surface area contributed by atoms with Crippen LogP contribution in [0.1, 0.15) is 44.9 Å². The molecular weight excluding hydrogens is 236 g/mol. The Morgan fingerprint density at radius 1 is 1.06 bits per heavy atom. The Kier molecular flexibility index (Phi) is 4.10. The number of rotatable bonds is 4. The third kappa shape index (κ3) is 3.93. The molecule has 0 amide bonds. The Labute approximate surface area is 105 Å². The van der Waals surface area contributed by atoms with Crippen LogP contribution in [0, 0.1) is 5.41 Å². The number of nitrogens with two attached hydrogens (primary N) is 1. The third-order valence-corrected chi connectivity index (χ3v) is 5.34. The van der Waals surface area contributed by atoms with E-state index in [4.69, 9.17) is 5.14 Å². The molecule has 1 aliphatic heterocycles. The molecule has 0 bridgehead atoms. The van der Waals surface area contributed by atoms with Crippen LogP contribution in [0.25, 0.3) is 0 Å². The van der Waals surface area contributed by atoms with E-state index in [2.05, 4.69) is 4.90 Å². The van der Waals surface area contributed by atoms with Gasteiger partial charge in [0.25, 0.3) is 0 Å². The maximum absolute atomic E-state index is 10.8. The Morgan fingerprint density at radius 2 is 1.65 bits per heavy atom. The zero-order chi connectivity index (χ0) is 12.4. The first-order chi connectivity index (χ1) is 7.99. The molecule has 0 aromatic heterocycles. The van der Waals surface area contributed by atoms with Crippen LogP contribution in [-0.4, -0.2) is 38.7 Å². The van der Waals surface area contributed by atoms with Gasteiger partial charge in [0.15, 0.2) is 0 Å². The molecule has 1 heterocycles. The lowest BCUT2D eigenvalue weighted by Gasteiger charge is -2.39. The van der Waals surface area contributed by atoms with Gasteiger partial charge >= 0.3 is 0 Å². The van der Waals surface area contributed by atoms with Crippen molar-refractivity contribution in [3.63, 3.8) is 0 Å². The predicted molar refractivity (Wildman–Crippen MR) is 69.2 cm³/mol. The van der Waals surface area contributed by atoms with E-state index in [0.717, 1.165) is 19.6 Å². The van der Waals surface area contributed by atoms with Crippen molar-refractivity contribution >= 4 is 10.0 Å². The van der Waals surface area contributed by atoms with Crippen molar-refractivity contribution in [3.8, 4) is 0 Å². The molecule has 2 aliphatic rings. The van der Waals surface area contributed by atoms with Crippen LogP contribution >= 0.6 is 0 Å². The fourth-order valence-electron chi connectivity index (χ4n) is 3.37. The average Bonchev–Trinajstić information content (AvgIpc) is 2.68. The van der Waals surface area contributed by atoms with E-state index in [9.17, 15) is 8.42 Å². The van der Waals surface area contributed by atoms with Crippen molar-refractivity contribution in [1.29, 1.82) is 0 Å². The summed E-state index contributed by atoms with van der Waals surface area (Å²) < 4.78 is 21.7. The molecular formula is C12H24N2O2S. The average molecular weight is 260 g/mol. The molecule has 2 fully saturated rings. The van der Waals surface area contributed by atoms with Crippen molar-refractivity contribution in [3.05, 3.63) is 0 Å². The molecule has 0 unspecified atom stereocenters. The number of hydrogen-bond donors (Lipinski definition) is 1. The van der Waals surface area contributed by atoms with E-state index in [1.165, 1.54) is 38.5 Å². The maximum atomic E-state index is 10.8. The second-order valence-electron chi connectivity index (χ2n) is 5.77. The minimum atomic E-state index is -3.27. The van der Waals surface area contributed by atoms with Gasteiger partial charge in [-0.3, -0.25) is 0 Å². The molecule has 1 saturated carbocycles. The van der Waals surface area contributed by atoms with Crippen LogP contribution in [0.3, 0.4) is 0 Å². The van der Waals surface area contributed by atoms with Gasteiger partial charge < -0.3 is 4.90 Å². The molecule has 100 valence electrons. The summed E-state index contributed by atoms with van der Waals surface area (Å²) in [5, 5.41) is 5.00. The van der Waals surface area contributed by atoms with E-state index in [1.54, 1.807) is 0 Å². The second kappa shape index (κ2) is 5.24. The van der Waals surface area contributed by atoms with Gasteiger partial charge in [-0.2, -0.15) is 0 Å². The number of sulfonamides is 1.